The molecule has 0 radical (unpaired) electrons. The number of para-hydroxylation sites is 1. The molecule has 0 unspecified atom stereocenters. The molecule has 6 nitrogen and oxygen atoms in total. The average molecular weight is 404 g/mol. The molecule has 1 N–H and O–H groups in total. The van der Waals surface area contributed by atoms with E-state index in [4.69, 9.17) is 14.2 Å². The number of hydrogen-bond donors (Lipinski definition) is 1. The fourth-order valence-electron chi connectivity index (χ4n) is 3.01. The van der Waals surface area contributed by atoms with E-state index in [1.807, 2.05) is 42.5 Å². The van der Waals surface area contributed by atoms with Gasteiger partial charge in [-0.2, -0.15) is 0 Å². The molecule has 5 rings (SSSR count). The highest BCUT2D eigenvalue weighted by atomic mass is 32.1. The van der Waals surface area contributed by atoms with Gasteiger partial charge in [0.2, 0.25) is 6.79 Å². The summed E-state index contributed by atoms with van der Waals surface area (Å²) in [5, 5.41) is 3.74. The number of rotatable bonds is 5. The van der Waals surface area contributed by atoms with E-state index < -0.39 is 0 Å². The topological polar surface area (TPSA) is 69.7 Å². The van der Waals surface area contributed by atoms with Crippen LogP contribution in [-0.4, -0.2) is 24.3 Å². The minimum Gasteiger partial charge on any atom is -0.484 e. The molecule has 2 heterocycles. The summed E-state index contributed by atoms with van der Waals surface area (Å²) >= 11 is 1.65. The lowest BCUT2D eigenvalue weighted by atomic mass is 10.2. The van der Waals surface area contributed by atoms with Crippen LogP contribution in [0, 0.1) is 0 Å². The summed E-state index contributed by atoms with van der Waals surface area (Å²) in [7, 11) is 0. The normalized spacial score (nSPS) is 12.1. The van der Waals surface area contributed by atoms with Crippen molar-refractivity contribution in [1.82, 2.24) is 4.98 Å². The van der Waals surface area contributed by atoms with E-state index in [9.17, 15) is 4.79 Å². The molecule has 144 valence electrons. The summed E-state index contributed by atoms with van der Waals surface area (Å²) in [6, 6.07) is 20.9. The molecule has 4 aromatic rings. The Bertz CT molecular complexity index is 1150. The van der Waals surface area contributed by atoms with E-state index in [2.05, 4.69) is 16.4 Å². The molecule has 1 amide bonds. The maximum absolute atomic E-state index is 12.2. The van der Waals surface area contributed by atoms with Crippen molar-refractivity contribution in [1.29, 1.82) is 0 Å². The van der Waals surface area contributed by atoms with Crippen molar-refractivity contribution in [2.75, 3.05) is 18.7 Å². The number of nitrogens with one attached hydrogen (secondary N) is 1. The Morgan fingerprint density at radius 2 is 1.86 bits per heavy atom. The van der Waals surface area contributed by atoms with Crippen molar-refractivity contribution in [3.63, 3.8) is 0 Å². The van der Waals surface area contributed by atoms with Gasteiger partial charge >= 0.3 is 0 Å². The zero-order chi connectivity index (χ0) is 19.6. The molecule has 29 heavy (non-hydrogen) atoms. The Balaban J connectivity index is 1.20. The predicted octanol–water partition coefficient (Wildman–Crippen LogP) is 4.71. The lowest BCUT2D eigenvalue weighted by Crippen LogP contribution is -2.20. The highest BCUT2D eigenvalue weighted by molar-refractivity contribution is 7.21. The molecule has 7 heteroatoms. The Kier molecular flexibility index (Phi) is 4.50. The van der Waals surface area contributed by atoms with Crippen LogP contribution in [-0.2, 0) is 4.79 Å². The van der Waals surface area contributed by atoms with Crippen LogP contribution in [0.1, 0.15) is 0 Å². The maximum Gasteiger partial charge on any atom is 0.262 e. The van der Waals surface area contributed by atoms with Gasteiger partial charge in [0, 0.05) is 17.3 Å². The van der Waals surface area contributed by atoms with Crippen LogP contribution in [0.3, 0.4) is 0 Å². The van der Waals surface area contributed by atoms with Crippen molar-refractivity contribution < 1.29 is 19.0 Å². The number of aromatic nitrogens is 1. The molecular weight excluding hydrogens is 388 g/mol. The van der Waals surface area contributed by atoms with E-state index in [-0.39, 0.29) is 19.3 Å². The second-order valence-corrected chi connectivity index (χ2v) is 7.45. The molecule has 0 bridgehead atoms. The summed E-state index contributed by atoms with van der Waals surface area (Å²) < 4.78 is 17.3. The highest BCUT2D eigenvalue weighted by Gasteiger charge is 2.14. The van der Waals surface area contributed by atoms with Crippen LogP contribution in [0.5, 0.6) is 17.2 Å². The van der Waals surface area contributed by atoms with Gasteiger partial charge in [-0.1, -0.05) is 12.1 Å². The number of carbonyl (C=O) groups is 1. The van der Waals surface area contributed by atoms with Crippen LogP contribution in [0.4, 0.5) is 5.69 Å². The standard InChI is InChI=1S/C22H16N2O4S/c25-21(23-15-7-10-18-19(11-15)28-13-27-18)12-26-16-8-5-14(6-9-16)22-24-17-3-1-2-4-20(17)29-22/h1-11H,12-13H2,(H,23,25). The van der Waals surface area contributed by atoms with E-state index in [0.29, 0.717) is 22.9 Å². The molecule has 0 fully saturated rings. The third-order valence-corrected chi connectivity index (χ3v) is 5.51. The first-order chi connectivity index (χ1) is 14.2. The first-order valence-electron chi connectivity index (χ1n) is 9.03. The molecule has 1 aliphatic heterocycles. The fourth-order valence-corrected chi connectivity index (χ4v) is 3.98. The van der Waals surface area contributed by atoms with Crippen molar-refractivity contribution in [3.8, 4) is 27.8 Å². The molecule has 0 saturated heterocycles. The van der Waals surface area contributed by atoms with Gasteiger partial charge in [-0.15, -0.1) is 11.3 Å². The zero-order valence-corrected chi connectivity index (χ0v) is 16.1. The first kappa shape index (κ1) is 17.5. The Hall–Kier alpha value is -3.58. The van der Waals surface area contributed by atoms with Crippen LogP contribution in [0.15, 0.2) is 66.7 Å². The maximum atomic E-state index is 12.2. The number of hydrogen-bond acceptors (Lipinski definition) is 6. The van der Waals surface area contributed by atoms with Gasteiger partial charge in [0.25, 0.3) is 5.91 Å². The third kappa shape index (κ3) is 3.72. The molecule has 3 aromatic carbocycles. The number of fused-ring (bicyclic) bond motifs is 2. The summed E-state index contributed by atoms with van der Waals surface area (Å²) in [5.41, 5.74) is 2.64. The number of amides is 1. The predicted molar refractivity (Wildman–Crippen MR) is 112 cm³/mol. The van der Waals surface area contributed by atoms with Crippen LogP contribution < -0.4 is 19.5 Å². The van der Waals surface area contributed by atoms with Gasteiger partial charge in [-0.25, -0.2) is 4.98 Å². The van der Waals surface area contributed by atoms with Gasteiger partial charge in [0.1, 0.15) is 10.8 Å². The Labute approximate surface area is 170 Å². The molecule has 0 aliphatic carbocycles. The second-order valence-electron chi connectivity index (χ2n) is 6.42. The van der Waals surface area contributed by atoms with E-state index in [1.165, 1.54) is 0 Å². The number of benzene rings is 3. The summed E-state index contributed by atoms with van der Waals surface area (Å²) in [6.45, 7) is 0.109. The third-order valence-electron chi connectivity index (χ3n) is 4.42. The van der Waals surface area contributed by atoms with Gasteiger partial charge in [0.15, 0.2) is 18.1 Å². The van der Waals surface area contributed by atoms with Crippen LogP contribution >= 0.6 is 11.3 Å². The first-order valence-corrected chi connectivity index (χ1v) is 9.84. The van der Waals surface area contributed by atoms with Crippen molar-refractivity contribution >= 4 is 33.1 Å². The SMILES string of the molecule is O=C(COc1ccc(-c2nc3ccccc3s2)cc1)Nc1ccc2c(c1)OCO2. The largest absolute Gasteiger partial charge is 0.484 e. The van der Waals surface area contributed by atoms with Gasteiger partial charge in [0.05, 0.1) is 10.2 Å². The molecule has 0 atom stereocenters. The number of thiazole rings is 1. The number of anilines is 1. The van der Waals surface area contributed by atoms with E-state index in [1.54, 1.807) is 29.5 Å². The number of nitrogens with zero attached hydrogens (tertiary/aromatic N) is 1. The van der Waals surface area contributed by atoms with Gasteiger partial charge < -0.3 is 19.5 Å². The van der Waals surface area contributed by atoms with E-state index in [0.717, 1.165) is 20.8 Å². The van der Waals surface area contributed by atoms with Crippen LogP contribution in [0.2, 0.25) is 0 Å². The van der Waals surface area contributed by atoms with Crippen molar-refractivity contribution in [2.24, 2.45) is 0 Å². The summed E-state index contributed by atoms with van der Waals surface area (Å²) in [5.74, 6) is 1.66. The van der Waals surface area contributed by atoms with Crippen molar-refractivity contribution in [3.05, 3.63) is 66.7 Å². The Morgan fingerprint density at radius 1 is 1.03 bits per heavy atom. The quantitative estimate of drug-likeness (QED) is 0.522. The summed E-state index contributed by atoms with van der Waals surface area (Å²) in [4.78, 5) is 16.8. The molecular formula is C22H16N2O4S. The lowest BCUT2D eigenvalue weighted by molar-refractivity contribution is -0.118. The molecule has 1 aliphatic rings. The molecule has 0 saturated carbocycles. The molecule has 0 spiro atoms. The minimum absolute atomic E-state index is 0.0884. The fraction of sp³-hybridized carbons (Fsp3) is 0.0909. The number of ether oxygens (including phenoxy) is 3. The second kappa shape index (κ2) is 7.44. The number of carbonyl (C=O) groups excluding carboxylic acids is 1. The Morgan fingerprint density at radius 3 is 2.72 bits per heavy atom. The zero-order valence-electron chi connectivity index (χ0n) is 15.3. The van der Waals surface area contributed by atoms with E-state index >= 15 is 0 Å². The average Bonchev–Trinajstić information content (AvgIpc) is 3.39. The van der Waals surface area contributed by atoms with Crippen molar-refractivity contribution in [2.45, 2.75) is 0 Å². The van der Waals surface area contributed by atoms with Crippen LogP contribution in [0.25, 0.3) is 20.8 Å². The molecule has 1 aromatic heterocycles. The minimum atomic E-state index is -0.251. The monoisotopic (exact) mass is 404 g/mol. The van der Waals surface area contributed by atoms with Gasteiger partial charge in [-0.05, 0) is 48.5 Å². The summed E-state index contributed by atoms with van der Waals surface area (Å²) in [6.07, 6.45) is 0. The lowest BCUT2D eigenvalue weighted by Gasteiger charge is -2.08. The smallest absolute Gasteiger partial charge is 0.262 e. The highest BCUT2D eigenvalue weighted by Crippen LogP contribution is 2.34. The van der Waals surface area contributed by atoms with Gasteiger partial charge in [-0.3, -0.25) is 4.79 Å².